The Morgan fingerprint density at radius 3 is 2.46 bits per heavy atom. The Balaban J connectivity index is 1.71. The first kappa shape index (κ1) is 24.9. The fraction of sp³-hybridized carbons (Fsp3) is 0.250. The molecule has 3 aromatic rings. The number of benzene rings is 2. The maximum absolute atomic E-state index is 13.5. The van der Waals surface area contributed by atoms with Crippen LogP contribution in [0, 0.1) is 20.8 Å². The lowest BCUT2D eigenvalue weighted by atomic mass is 10.1. The summed E-state index contributed by atoms with van der Waals surface area (Å²) in [6.45, 7) is 8.00. The minimum absolute atomic E-state index is 0.0214. The van der Waals surface area contributed by atoms with Gasteiger partial charge in [-0.3, -0.25) is 19.8 Å². The number of carbonyl (C=O) groups is 2. The average Bonchev–Trinajstić information content (AvgIpc) is 3.11. The van der Waals surface area contributed by atoms with E-state index in [9.17, 15) is 9.59 Å². The van der Waals surface area contributed by atoms with Gasteiger partial charge in [0.25, 0.3) is 11.8 Å². The van der Waals surface area contributed by atoms with Crippen molar-refractivity contribution in [2.24, 2.45) is 0 Å². The molecule has 1 aliphatic rings. The van der Waals surface area contributed by atoms with Crippen LogP contribution >= 0.6 is 23.8 Å². The van der Waals surface area contributed by atoms with E-state index in [1.165, 1.54) is 23.3 Å². The number of aromatic nitrogens is 1. The third-order valence-electron chi connectivity index (χ3n) is 6.37. The molecule has 0 unspecified atom stereocenters. The number of hydrogen-bond acceptors (Lipinski definition) is 3. The molecular weight excluding hydrogens is 478 g/mol. The predicted molar refractivity (Wildman–Crippen MR) is 146 cm³/mol. The molecule has 4 rings (SSSR count). The zero-order chi connectivity index (χ0) is 25.3. The third-order valence-corrected chi connectivity index (χ3v) is 7.06. The van der Waals surface area contributed by atoms with Crippen LogP contribution in [0.3, 0.4) is 0 Å². The summed E-state index contributed by atoms with van der Waals surface area (Å²) in [7, 11) is 0. The van der Waals surface area contributed by atoms with Crippen molar-refractivity contribution in [3.63, 3.8) is 0 Å². The molecule has 5 nitrogen and oxygen atoms in total. The summed E-state index contributed by atoms with van der Waals surface area (Å²) in [6, 6.07) is 15.8. The Morgan fingerprint density at radius 2 is 1.77 bits per heavy atom. The second kappa shape index (κ2) is 10.2. The molecule has 0 aliphatic carbocycles. The molecule has 0 bridgehead atoms. The molecule has 2 amide bonds. The smallest absolute Gasteiger partial charge is 0.270 e. The van der Waals surface area contributed by atoms with E-state index in [2.05, 4.69) is 41.1 Å². The van der Waals surface area contributed by atoms with Crippen molar-refractivity contribution in [3.8, 4) is 5.69 Å². The van der Waals surface area contributed by atoms with Gasteiger partial charge in [0.15, 0.2) is 5.11 Å². The van der Waals surface area contributed by atoms with E-state index in [0.29, 0.717) is 16.3 Å². The molecule has 1 saturated heterocycles. The molecule has 2 aromatic carbocycles. The molecule has 1 aromatic heterocycles. The average molecular weight is 506 g/mol. The quantitative estimate of drug-likeness (QED) is 0.245. The maximum atomic E-state index is 13.5. The van der Waals surface area contributed by atoms with Gasteiger partial charge in [-0.15, -0.1) is 0 Å². The third kappa shape index (κ3) is 4.81. The van der Waals surface area contributed by atoms with E-state index in [-0.39, 0.29) is 10.7 Å². The molecular formula is C28H28ClN3O2S. The van der Waals surface area contributed by atoms with Crippen molar-refractivity contribution in [2.45, 2.75) is 47.0 Å². The van der Waals surface area contributed by atoms with Gasteiger partial charge in [-0.1, -0.05) is 43.1 Å². The number of thiocarbonyl (C=S) groups is 1. The van der Waals surface area contributed by atoms with Crippen molar-refractivity contribution in [3.05, 3.63) is 87.2 Å². The van der Waals surface area contributed by atoms with E-state index in [4.69, 9.17) is 23.8 Å². The van der Waals surface area contributed by atoms with Crippen LogP contribution in [0.25, 0.3) is 11.8 Å². The van der Waals surface area contributed by atoms with E-state index < -0.39 is 11.8 Å². The molecule has 0 spiro atoms. The van der Waals surface area contributed by atoms with Crippen molar-refractivity contribution < 1.29 is 9.59 Å². The highest BCUT2D eigenvalue weighted by molar-refractivity contribution is 7.80. The van der Waals surface area contributed by atoms with Gasteiger partial charge >= 0.3 is 0 Å². The first-order valence-corrected chi connectivity index (χ1v) is 12.5. The largest absolute Gasteiger partial charge is 0.318 e. The number of aryl methyl sites for hydroxylation is 2. The number of halogens is 1. The summed E-state index contributed by atoms with van der Waals surface area (Å²) in [5, 5.41) is 3.21. The van der Waals surface area contributed by atoms with Gasteiger partial charge in [-0.25, -0.2) is 0 Å². The molecule has 1 fully saturated rings. The van der Waals surface area contributed by atoms with Crippen molar-refractivity contribution >= 4 is 52.5 Å². The van der Waals surface area contributed by atoms with E-state index >= 15 is 0 Å². The SMILES string of the molecule is CCCCc1ccc(-n2c(C)cc(/C=C3\C(=O)NC(=S)N(c4cccc(Cl)c4C)C3=O)c2C)cc1. The van der Waals surface area contributed by atoms with Crippen LogP contribution in [0.15, 0.2) is 54.1 Å². The summed E-state index contributed by atoms with van der Waals surface area (Å²) in [5.41, 5.74) is 6.39. The predicted octanol–water partition coefficient (Wildman–Crippen LogP) is 6.23. The first-order chi connectivity index (χ1) is 16.7. The molecule has 0 radical (unpaired) electrons. The monoisotopic (exact) mass is 505 g/mol. The van der Waals surface area contributed by atoms with Crippen molar-refractivity contribution in [1.82, 2.24) is 9.88 Å². The van der Waals surface area contributed by atoms with Gasteiger partial charge in [-0.2, -0.15) is 0 Å². The van der Waals surface area contributed by atoms with Crippen LogP contribution in [0.4, 0.5) is 5.69 Å². The van der Waals surface area contributed by atoms with Gasteiger partial charge in [0, 0.05) is 22.1 Å². The lowest BCUT2D eigenvalue weighted by molar-refractivity contribution is -0.122. The lowest BCUT2D eigenvalue weighted by Crippen LogP contribution is -2.54. The summed E-state index contributed by atoms with van der Waals surface area (Å²) < 4.78 is 2.13. The van der Waals surface area contributed by atoms with Gasteiger partial charge in [0.05, 0.1) is 5.69 Å². The summed E-state index contributed by atoms with van der Waals surface area (Å²) >= 11 is 11.6. The van der Waals surface area contributed by atoms with Crippen LogP contribution in [-0.2, 0) is 16.0 Å². The lowest BCUT2D eigenvalue weighted by Gasteiger charge is -2.30. The molecule has 0 saturated carbocycles. The first-order valence-electron chi connectivity index (χ1n) is 11.7. The van der Waals surface area contributed by atoms with Gasteiger partial charge in [-0.05, 0) is 98.9 Å². The highest BCUT2D eigenvalue weighted by Crippen LogP contribution is 2.30. The minimum Gasteiger partial charge on any atom is -0.318 e. The molecule has 7 heteroatoms. The zero-order valence-corrected chi connectivity index (χ0v) is 21.9. The van der Waals surface area contributed by atoms with Crippen LogP contribution in [-0.4, -0.2) is 21.5 Å². The maximum Gasteiger partial charge on any atom is 0.270 e. The number of hydrogen-bond donors (Lipinski definition) is 1. The summed E-state index contributed by atoms with van der Waals surface area (Å²) in [4.78, 5) is 27.6. The highest BCUT2D eigenvalue weighted by atomic mass is 35.5. The van der Waals surface area contributed by atoms with Gasteiger partial charge in [0.1, 0.15) is 5.57 Å². The number of nitrogens with one attached hydrogen (secondary N) is 1. The number of anilines is 1. The fourth-order valence-corrected chi connectivity index (χ4v) is 4.84. The Kier molecular flexibility index (Phi) is 7.24. The molecule has 35 heavy (non-hydrogen) atoms. The fourth-order valence-electron chi connectivity index (χ4n) is 4.39. The van der Waals surface area contributed by atoms with Crippen LogP contribution in [0.5, 0.6) is 0 Å². The number of rotatable bonds is 6. The van der Waals surface area contributed by atoms with Gasteiger partial charge in [0.2, 0.25) is 0 Å². The standard InChI is InChI=1S/C28H28ClN3O2S/c1-5-6-8-20-11-13-22(14-12-20)31-17(2)15-21(19(31)4)16-23-26(33)30-28(35)32(27(23)34)25-10-7-9-24(29)18(25)3/h7,9-16H,5-6,8H2,1-4H3,(H,30,33,35)/b23-16+. The normalized spacial score (nSPS) is 15.2. The molecule has 0 atom stereocenters. The van der Waals surface area contributed by atoms with E-state index in [0.717, 1.165) is 29.1 Å². The molecule has 1 aliphatic heterocycles. The Bertz CT molecular complexity index is 1360. The van der Waals surface area contributed by atoms with Gasteiger partial charge < -0.3 is 4.57 Å². The Hall–Kier alpha value is -3.22. The second-order valence-electron chi connectivity index (χ2n) is 8.77. The molecule has 180 valence electrons. The topological polar surface area (TPSA) is 54.3 Å². The molecule has 2 heterocycles. The Labute approximate surface area is 216 Å². The number of amides is 2. The van der Waals surface area contributed by atoms with Crippen LogP contribution in [0.1, 0.15) is 47.8 Å². The highest BCUT2D eigenvalue weighted by Gasteiger charge is 2.35. The van der Waals surface area contributed by atoms with Crippen LogP contribution < -0.4 is 10.2 Å². The number of carbonyl (C=O) groups excluding carboxylic acids is 2. The zero-order valence-electron chi connectivity index (χ0n) is 20.3. The summed E-state index contributed by atoms with van der Waals surface area (Å²) in [6.07, 6.45) is 5.05. The summed E-state index contributed by atoms with van der Waals surface area (Å²) in [5.74, 6) is -0.991. The molecule has 1 N–H and O–H groups in total. The van der Waals surface area contributed by atoms with Crippen LogP contribution in [0.2, 0.25) is 5.02 Å². The van der Waals surface area contributed by atoms with E-state index in [1.54, 1.807) is 24.3 Å². The van der Waals surface area contributed by atoms with Crippen molar-refractivity contribution in [1.29, 1.82) is 0 Å². The Morgan fingerprint density at radius 1 is 1.06 bits per heavy atom. The van der Waals surface area contributed by atoms with E-state index in [1.807, 2.05) is 26.8 Å². The minimum atomic E-state index is -0.513. The van der Waals surface area contributed by atoms with Crippen molar-refractivity contribution in [2.75, 3.05) is 4.90 Å². The second-order valence-corrected chi connectivity index (χ2v) is 9.57. The number of nitrogens with zero attached hydrogens (tertiary/aromatic N) is 2. The number of unbranched alkanes of at least 4 members (excludes halogenated alkanes) is 1.